The number of nitrogens with one attached hydrogen (secondary N) is 1. The van der Waals surface area contributed by atoms with E-state index in [0.29, 0.717) is 0 Å². The summed E-state index contributed by atoms with van der Waals surface area (Å²) in [4.78, 5) is 35.6. The van der Waals surface area contributed by atoms with Crippen molar-refractivity contribution in [1.29, 1.82) is 0 Å². The topological polar surface area (TPSA) is 81.7 Å². The summed E-state index contributed by atoms with van der Waals surface area (Å²) in [7, 11) is 1.24. The molecule has 0 saturated heterocycles. The van der Waals surface area contributed by atoms with Crippen molar-refractivity contribution >= 4 is 28.9 Å². The lowest BCUT2D eigenvalue weighted by atomic mass is 9.92. The van der Waals surface area contributed by atoms with Gasteiger partial charge >= 0.3 is 11.3 Å². The lowest BCUT2D eigenvalue weighted by Crippen LogP contribution is -2.44. The van der Waals surface area contributed by atoms with Crippen molar-refractivity contribution in [2.45, 2.75) is 39.8 Å². The maximum Gasteiger partial charge on any atom is 0.367 e. The minimum atomic E-state index is -0.894. The molecular weight excluding hydrogens is 342 g/mol. The Morgan fingerprint density at radius 3 is 2.36 bits per heavy atom. The van der Waals surface area contributed by atoms with Gasteiger partial charge in [0.1, 0.15) is 12.6 Å². The Morgan fingerprint density at radius 2 is 1.80 bits per heavy atom. The van der Waals surface area contributed by atoms with Gasteiger partial charge < -0.3 is 14.8 Å². The van der Waals surface area contributed by atoms with Crippen LogP contribution in [-0.4, -0.2) is 36.1 Å². The molecule has 0 radical (unpaired) electrons. The Labute approximate surface area is 152 Å². The predicted molar refractivity (Wildman–Crippen MR) is 97.1 cm³/mol. The summed E-state index contributed by atoms with van der Waals surface area (Å²) in [5.41, 5.74) is 0.673. The van der Waals surface area contributed by atoms with Crippen LogP contribution in [0.5, 0.6) is 0 Å². The van der Waals surface area contributed by atoms with E-state index in [1.807, 2.05) is 51.1 Å². The van der Waals surface area contributed by atoms with Gasteiger partial charge in [-0.3, -0.25) is 4.79 Å². The molecule has 0 unspecified atom stereocenters. The fraction of sp³-hybridized carbons (Fsp3) is 0.500. The van der Waals surface area contributed by atoms with Crippen molar-refractivity contribution in [2.24, 2.45) is 5.41 Å². The Balaban J connectivity index is 2.48. The van der Waals surface area contributed by atoms with Crippen LogP contribution in [0.25, 0.3) is 0 Å². The number of hydrogen-bond acceptors (Lipinski definition) is 6. The predicted octanol–water partition coefficient (Wildman–Crippen LogP) is 3.15. The van der Waals surface area contributed by atoms with Crippen LogP contribution in [0.4, 0.5) is 4.79 Å². The second-order valence-electron chi connectivity index (χ2n) is 6.72. The molecule has 1 N–H and O–H groups in total. The van der Waals surface area contributed by atoms with Gasteiger partial charge in [0.25, 0.3) is 0 Å². The third-order valence-corrected chi connectivity index (χ3v) is 3.93. The quantitative estimate of drug-likeness (QED) is 0.746. The SMILES string of the molecule is COC(=O)[C@H](CSC(=O)OCc1ccccc1)NC(=O)CC(C)(C)C. The molecule has 1 aromatic rings. The average molecular weight is 367 g/mol. The van der Waals surface area contributed by atoms with Crippen molar-refractivity contribution in [1.82, 2.24) is 5.32 Å². The summed E-state index contributed by atoms with van der Waals surface area (Å²) in [6.45, 7) is 5.94. The molecule has 25 heavy (non-hydrogen) atoms. The van der Waals surface area contributed by atoms with Crippen LogP contribution in [0.2, 0.25) is 0 Å². The molecule has 0 aromatic heterocycles. The first-order valence-corrected chi connectivity index (χ1v) is 8.90. The van der Waals surface area contributed by atoms with E-state index in [1.54, 1.807) is 0 Å². The van der Waals surface area contributed by atoms with Gasteiger partial charge in [-0.05, 0) is 22.7 Å². The van der Waals surface area contributed by atoms with E-state index >= 15 is 0 Å². The number of rotatable bonds is 7. The van der Waals surface area contributed by atoms with Gasteiger partial charge in [-0.15, -0.1) is 0 Å². The zero-order valence-corrected chi connectivity index (χ0v) is 15.9. The van der Waals surface area contributed by atoms with Gasteiger partial charge in [-0.1, -0.05) is 51.1 Å². The van der Waals surface area contributed by atoms with Gasteiger partial charge in [-0.2, -0.15) is 0 Å². The largest absolute Gasteiger partial charge is 0.467 e. The number of hydrogen-bond donors (Lipinski definition) is 1. The first-order chi connectivity index (χ1) is 11.7. The molecule has 1 atom stereocenters. The molecule has 0 spiro atoms. The lowest BCUT2D eigenvalue weighted by Gasteiger charge is -2.20. The number of thioether (sulfide) groups is 1. The van der Waals surface area contributed by atoms with E-state index in [1.165, 1.54) is 7.11 Å². The van der Waals surface area contributed by atoms with Crippen molar-refractivity contribution < 1.29 is 23.9 Å². The second-order valence-corrected chi connectivity index (χ2v) is 7.67. The van der Waals surface area contributed by atoms with Crippen LogP contribution >= 0.6 is 11.8 Å². The molecule has 0 aliphatic rings. The number of ether oxygens (including phenoxy) is 2. The molecule has 1 rings (SSSR count). The first-order valence-electron chi connectivity index (χ1n) is 7.92. The minimum absolute atomic E-state index is 0.0518. The highest BCUT2D eigenvalue weighted by Gasteiger charge is 2.25. The van der Waals surface area contributed by atoms with Crippen LogP contribution in [0.15, 0.2) is 30.3 Å². The van der Waals surface area contributed by atoms with Crippen molar-refractivity contribution in [3.63, 3.8) is 0 Å². The maximum absolute atomic E-state index is 12.0. The highest BCUT2D eigenvalue weighted by molar-refractivity contribution is 8.13. The molecular formula is C18H25NO5S. The Morgan fingerprint density at radius 1 is 1.16 bits per heavy atom. The van der Waals surface area contributed by atoms with Gasteiger partial charge in [0, 0.05) is 12.2 Å². The van der Waals surface area contributed by atoms with Crippen LogP contribution in [0.1, 0.15) is 32.8 Å². The number of carbonyl (C=O) groups excluding carboxylic acids is 3. The second kappa shape index (κ2) is 10.1. The van der Waals surface area contributed by atoms with Gasteiger partial charge in [0.15, 0.2) is 0 Å². The fourth-order valence-electron chi connectivity index (χ4n) is 1.95. The minimum Gasteiger partial charge on any atom is -0.467 e. The summed E-state index contributed by atoms with van der Waals surface area (Å²) in [5, 5.41) is 2.10. The van der Waals surface area contributed by atoms with Gasteiger partial charge in [0.2, 0.25) is 5.91 Å². The fourth-order valence-corrected chi connectivity index (χ4v) is 2.61. The molecule has 0 aliphatic heterocycles. The summed E-state index contributed by atoms with van der Waals surface area (Å²) in [5.74, 6) is -0.803. The molecule has 0 saturated carbocycles. The standard InChI is InChI=1S/C18H25NO5S/c1-18(2,3)10-15(20)19-14(16(21)23-4)12-25-17(22)24-11-13-8-6-5-7-9-13/h5-9,14H,10-12H2,1-4H3,(H,19,20)/t14-/m0/s1. The van der Waals surface area contributed by atoms with E-state index in [0.717, 1.165) is 17.3 Å². The number of methoxy groups -OCH3 is 1. The molecule has 0 aliphatic carbocycles. The van der Waals surface area contributed by atoms with Crippen molar-refractivity contribution in [2.75, 3.05) is 12.9 Å². The molecule has 0 heterocycles. The number of carbonyl (C=O) groups is 3. The van der Waals surface area contributed by atoms with Crippen LogP contribution in [0.3, 0.4) is 0 Å². The van der Waals surface area contributed by atoms with Gasteiger partial charge in [-0.25, -0.2) is 9.59 Å². The Hall–Kier alpha value is -2.02. The van der Waals surface area contributed by atoms with E-state index in [4.69, 9.17) is 4.74 Å². The molecule has 0 bridgehead atoms. The molecule has 138 valence electrons. The monoisotopic (exact) mass is 367 g/mol. The zero-order chi connectivity index (χ0) is 18.9. The van der Waals surface area contributed by atoms with E-state index < -0.39 is 17.3 Å². The third kappa shape index (κ3) is 9.14. The summed E-state index contributed by atoms with van der Waals surface area (Å²) < 4.78 is 9.82. The van der Waals surface area contributed by atoms with Crippen LogP contribution < -0.4 is 5.32 Å². The first kappa shape index (κ1) is 21.0. The van der Waals surface area contributed by atoms with E-state index in [2.05, 4.69) is 10.1 Å². The average Bonchev–Trinajstić information content (AvgIpc) is 2.55. The normalized spacial score (nSPS) is 12.2. The Bertz CT molecular complexity index is 583. The smallest absolute Gasteiger partial charge is 0.367 e. The van der Waals surface area contributed by atoms with Crippen molar-refractivity contribution in [3.05, 3.63) is 35.9 Å². The molecule has 1 aromatic carbocycles. The molecule has 0 fully saturated rings. The third-order valence-electron chi connectivity index (χ3n) is 3.08. The van der Waals surface area contributed by atoms with E-state index in [-0.39, 0.29) is 30.1 Å². The summed E-state index contributed by atoms with van der Waals surface area (Å²) in [6, 6.07) is 8.39. The Kier molecular flexibility index (Phi) is 8.48. The molecule has 1 amide bonds. The number of benzene rings is 1. The summed E-state index contributed by atoms with van der Waals surface area (Å²) in [6.07, 6.45) is 0.267. The highest BCUT2D eigenvalue weighted by atomic mass is 32.2. The zero-order valence-electron chi connectivity index (χ0n) is 15.0. The van der Waals surface area contributed by atoms with Crippen LogP contribution in [0, 0.1) is 5.41 Å². The maximum atomic E-state index is 12.0. The van der Waals surface area contributed by atoms with Crippen molar-refractivity contribution in [3.8, 4) is 0 Å². The number of amides is 1. The summed E-state index contributed by atoms with van der Waals surface area (Å²) >= 11 is 0.831. The van der Waals surface area contributed by atoms with E-state index in [9.17, 15) is 14.4 Å². The van der Waals surface area contributed by atoms with Gasteiger partial charge in [0.05, 0.1) is 7.11 Å². The van der Waals surface area contributed by atoms with Crippen LogP contribution in [-0.2, 0) is 25.7 Å². The highest BCUT2D eigenvalue weighted by Crippen LogP contribution is 2.18. The lowest BCUT2D eigenvalue weighted by molar-refractivity contribution is -0.144. The number of esters is 1. The molecule has 7 heteroatoms. The molecule has 6 nitrogen and oxygen atoms in total.